The molecule has 100 valence electrons. The molecule has 18 heavy (non-hydrogen) atoms. The fraction of sp³-hybridized carbons (Fsp3) is 0.600. The van der Waals surface area contributed by atoms with Gasteiger partial charge in [-0.05, 0) is 55.5 Å². The van der Waals surface area contributed by atoms with Crippen molar-refractivity contribution in [2.75, 3.05) is 27.3 Å². The summed E-state index contributed by atoms with van der Waals surface area (Å²) in [5, 5.41) is 3.42. The molecule has 1 aliphatic rings. The van der Waals surface area contributed by atoms with Crippen LogP contribution in [0.15, 0.2) is 18.2 Å². The first-order chi connectivity index (χ1) is 8.76. The highest BCUT2D eigenvalue weighted by Gasteiger charge is 2.22. The molecule has 0 radical (unpaired) electrons. The Morgan fingerprint density at radius 1 is 1.11 bits per heavy atom. The average Bonchev–Trinajstić information content (AvgIpc) is 2.46. The fourth-order valence-electron chi connectivity index (χ4n) is 2.75. The number of methoxy groups -OCH3 is 2. The molecule has 1 unspecified atom stereocenters. The van der Waals surface area contributed by atoms with Crippen molar-refractivity contribution in [3.8, 4) is 11.5 Å². The van der Waals surface area contributed by atoms with E-state index < -0.39 is 0 Å². The molecule has 1 fully saturated rings. The number of benzene rings is 1. The van der Waals surface area contributed by atoms with Crippen molar-refractivity contribution in [2.45, 2.75) is 25.7 Å². The van der Waals surface area contributed by atoms with E-state index in [1.165, 1.54) is 18.4 Å². The molecule has 1 heterocycles. The van der Waals surface area contributed by atoms with Crippen LogP contribution >= 0.6 is 0 Å². The second kappa shape index (κ2) is 6.10. The minimum atomic E-state index is 0.576. The lowest BCUT2D eigenvalue weighted by Gasteiger charge is -2.28. The lowest BCUT2D eigenvalue weighted by atomic mass is 9.82. The Morgan fingerprint density at radius 3 is 2.39 bits per heavy atom. The van der Waals surface area contributed by atoms with Gasteiger partial charge in [0, 0.05) is 0 Å². The van der Waals surface area contributed by atoms with E-state index in [4.69, 9.17) is 9.47 Å². The number of hydrogen-bond donors (Lipinski definition) is 1. The molecule has 0 spiro atoms. The van der Waals surface area contributed by atoms with Crippen molar-refractivity contribution in [1.29, 1.82) is 0 Å². The van der Waals surface area contributed by atoms with Gasteiger partial charge in [0.15, 0.2) is 11.5 Å². The van der Waals surface area contributed by atoms with E-state index in [0.29, 0.717) is 5.92 Å². The highest BCUT2D eigenvalue weighted by Crippen LogP contribution is 2.35. The minimum Gasteiger partial charge on any atom is -0.493 e. The summed E-state index contributed by atoms with van der Waals surface area (Å²) in [5.41, 5.74) is 1.35. The van der Waals surface area contributed by atoms with E-state index in [9.17, 15) is 0 Å². The number of rotatable bonds is 4. The lowest BCUT2D eigenvalue weighted by molar-refractivity contribution is 0.327. The molecule has 0 aliphatic carbocycles. The monoisotopic (exact) mass is 249 g/mol. The van der Waals surface area contributed by atoms with Crippen LogP contribution in [0.4, 0.5) is 0 Å². The third-order valence-electron chi connectivity index (χ3n) is 4.02. The van der Waals surface area contributed by atoms with Crippen molar-refractivity contribution >= 4 is 0 Å². The van der Waals surface area contributed by atoms with Crippen LogP contribution in [0.5, 0.6) is 11.5 Å². The number of nitrogens with one attached hydrogen (secondary N) is 1. The molecule has 1 atom stereocenters. The quantitative estimate of drug-likeness (QED) is 0.890. The summed E-state index contributed by atoms with van der Waals surface area (Å²) < 4.78 is 10.7. The Hall–Kier alpha value is -1.22. The lowest BCUT2D eigenvalue weighted by Crippen LogP contribution is -2.30. The normalized spacial score (nSPS) is 18.4. The molecule has 0 saturated carbocycles. The Balaban J connectivity index is 2.16. The van der Waals surface area contributed by atoms with Gasteiger partial charge in [0.05, 0.1) is 14.2 Å². The molecule has 3 nitrogen and oxygen atoms in total. The Kier molecular flexibility index (Phi) is 4.48. The van der Waals surface area contributed by atoms with E-state index in [0.717, 1.165) is 30.5 Å². The van der Waals surface area contributed by atoms with Crippen molar-refractivity contribution in [3.05, 3.63) is 23.8 Å². The SMILES string of the molecule is COc1ccc(C(C)C2CCNCC2)cc1OC. The van der Waals surface area contributed by atoms with Crippen LogP contribution < -0.4 is 14.8 Å². The molecule has 0 aromatic heterocycles. The summed E-state index contributed by atoms with van der Waals surface area (Å²) in [6.45, 7) is 4.60. The van der Waals surface area contributed by atoms with Crippen LogP contribution in [0.3, 0.4) is 0 Å². The first-order valence-electron chi connectivity index (χ1n) is 6.69. The first kappa shape index (κ1) is 13.2. The summed E-state index contributed by atoms with van der Waals surface area (Å²) in [4.78, 5) is 0. The van der Waals surface area contributed by atoms with Crippen molar-refractivity contribution in [1.82, 2.24) is 5.32 Å². The first-order valence-corrected chi connectivity index (χ1v) is 6.69. The molecular formula is C15H23NO2. The van der Waals surface area contributed by atoms with Gasteiger partial charge in [-0.2, -0.15) is 0 Å². The largest absolute Gasteiger partial charge is 0.493 e. The van der Waals surface area contributed by atoms with Gasteiger partial charge < -0.3 is 14.8 Å². The third-order valence-corrected chi connectivity index (χ3v) is 4.02. The van der Waals surface area contributed by atoms with Crippen LogP contribution in [0, 0.1) is 5.92 Å². The smallest absolute Gasteiger partial charge is 0.160 e. The second-order valence-electron chi connectivity index (χ2n) is 4.99. The molecule has 1 saturated heterocycles. The van der Waals surface area contributed by atoms with E-state index in [-0.39, 0.29) is 0 Å². The molecule has 1 aromatic rings. The summed E-state index contributed by atoms with van der Waals surface area (Å²) in [6, 6.07) is 6.28. The van der Waals surface area contributed by atoms with Crippen LogP contribution in [-0.4, -0.2) is 27.3 Å². The third kappa shape index (κ3) is 2.78. The van der Waals surface area contributed by atoms with E-state index in [1.807, 2.05) is 6.07 Å². The van der Waals surface area contributed by atoms with Crippen molar-refractivity contribution in [2.24, 2.45) is 5.92 Å². The second-order valence-corrected chi connectivity index (χ2v) is 4.99. The standard InChI is InChI=1S/C15H23NO2/c1-11(12-6-8-16-9-7-12)13-4-5-14(17-2)15(10-13)18-3/h4-5,10-12,16H,6-9H2,1-3H3. The maximum Gasteiger partial charge on any atom is 0.160 e. The van der Waals surface area contributed by atoms with Crippen LogP contribution in [0.2, 0.25) is 0 Å². The molecule has 3 heteroatoms. The predicted octanol–water partition coefficient (Wildman–Crippen LogP) is 2.81. The number of hydrogen-bond acceptors (Lipinski definition) is 3. The summed E-state index contributed by atoms with van der Waals surface area (Å²) in [6.07, 6.45) is 2.52. The molecule has 0 amide bonds. The maximum atomic E-state index is 5.38. The molecule has 0 bridgehead atoms. The minimum absolute atomic E-state index is 0.576. The summed E-state index contributed by atoms with van der Waals surface area (Å²) in [7, 11) is 3.37. The van der Waals surface area contributed by atoms with Gasteiger partial charge >= 0.3 is 0 Å². The predicted molar refractivity (Wildman–Crippen MR) is 73.6 cm³/mol. The highest BCUT2D eigenvalue weighted by molar-refractivity contribution is 5.43. The van der Waals surface area contributed by atoms with Crippen LogP contribution in [0.1, 0.15) is 31.2 Å². The highest BCUT2D eigenvalue weighted by atomic mass is 16.5. The van der Waals surface area contributed by atoms with E-state index >= 15 is 0 Å². The fourth-order valence-corrected chi connectivity index (χ4v) is 2.75. The van der Waals surface area contributed by atoms with Gasteiger partial charge in [-0.3, -0.25) is 0 Å². The van der Waals surface area contributed by atoms with Crippen LogP contribution in [0.25, 0.3) is 0 Å². The Bertz CT molecular complexity index is 386. The van der Waals surface area contributed by atoms with Gasteiger partial charge in [-0.25, -0.2) is 0 Å². The molecular weight excluding hydrogens is 226 g/mol. The molecule has 1 aliphatic heterocycles. The summed E-state index contributed by atoms with van der Waals surface area (Å²) >= 11 is 0. The van der Waals surface area contributed by atoms with Crippen molar-refractivity contribution < 1.29 is 9.47 Å². The molecule has 1 N–H and O–H groups in total. The van der Waals surface area contributed by atoms with Gasteiger partial charge in [-0.1, -0.05) is 13.0 Å². The number of ether oxygens (including phenoxy) is 2. The Morgan fingerprint density at radius 2 is 1.78 bits per heavy atom. The zero-order chi connectivity index (χ0) is 13.0. The van der Waals surface area contributed by atoms with E-state index in [2.05, 4.69) is 24.4 Å². The van der Waals surface area contributed by atoms with Gasteiger partial charge in [-0.15, -0.1) is 0 Å². The van der Waals surface area contributed by atoms with Gasteiger partial charge in [0.1, 0.15) is 0 Å². The van der Waals surface area contributed by atoms with E-state index in [1.54, 1.807) is 14.2 Å². The maximum absolute atomic E-state index is 5.38. The number of piperidine rings is 1. The molecule has 2 rings (SSSR count). The van der Waals surface area contributed by atoms with Gasteiger partial charge in [0.2, 0.25) is 0 Å². The topological polar surface area (TPSA) is 30.5 Å². The molecule has 1 aromatic carbocycles. The Labute approximate surface area is 109 Å². The van der Waals surface area contributed by atoms with Gasteiger partial charge in [0.25, 0.3) is 0 Å². The van der Waals surface area contributed by atoms with Crippen LogP contribution in [-0.2, 0) is 0 Å². The zero-order valence-electron chi connectivity index (χ0n) is 11.5. The van der Waals surface area contributed by atoms with Crippen molar-refractivity contribution in [3.63, 3.8) is 0 Å². The zero-order valence-corrected chi connectivity index (χ0v) is 11.5. The average molecular weight is 249 g/mol. The summed E-state index contributed by atoms with van der Waals surface area (Å²) in [5.74, 6) is 2.98.